The number of nitrogens with one attached hydrogen (secondary N) is 1. The van der Waals surface area contributed by atoms with Crippen LogP contribution in [0, 0.1) is 8.99 Å². The Morgan fingerprint density at radius 1 is 1.12 bits per heavy atom. The zero-order valence-electron chi connectivity index (χ0n) is 11.2. The highest BCUT2D eigenvalue weighted by molar-refractivity contribution is 14.1. The maximum atomic E-state index is 3.48. The Labute approximate surface area is 120 Å². The Bertz CT molecular complexity index is 316. The molecule has 1 aromatic rings. The van der Waals surface area contributed by atoms with Crippen LogP contribution < -0.4 is 5.32 Å². The molecule has 0 bridgehead atoms. The van der Waals surface area contributed by atoms with Crippen molar-refractivity contribution >= 4 is 22.6 Å². The molecule has 1 nitrogen and oxygen atoms in total. The fourth-order valence-corrected chi connectivity index (χ4v) is 2.33. The SMILES string of the molecule is CCCNCCC(C)(C)Cc1ccc(I)cc1. The summed E-state index contributed by atoms with van der Waals surface area (Å²) in [5, 5.41) is 3.48. The van der Waals surface area contributed by atoms with E-state index in [1.54, 1.807) is 0 Å². The van der Waals surface area contributed by atoms with Gasteiger partial charge in [0.05, 0.1) is 0 Å². The highest BCUT2D eigenvalue weighted by atomic mass is 127. The number of rotatable bonds is 7. The minimum absolute atomic E-state index is 0.382. The molecule has 0 aliphatic carbocycles. The van der Waals surface area contributed by atoms with E-state index in [0.29, 0.717) is 5.41 Å². The second-order valence-corrected chi connectivity index (χ2v) is 6.71. The highest BCUT2D eigenvalue weighted by Crippen LogP contribution is 2.25. The monoisotopic (exact) mass is 345 g/mol. The minimum atomic E-state index is 0.382. The quantitative estimate of drug-likeness (QED) is 0.575. The summed E-state index contributed by atoms with van der Waals surface area (Å²) < 4.78 is 1.31. The third-order valence-corrected chi connectivity index (χ3v) is 3.72. The van der Waals surface area contributed by atoms with Gasteiger partial charge >= 0.3 is 0 Å². The van der Waals surface area contributed by atoms with E-state index in [1.807, 2.05) is 0 Å². The van der Waals surface area contributed by atoms with Crippen molar-refractivity contribution in [3.05, 3.63) is 33.4 Å². The summed E-state index contributed by atoms with van der Waals surface area (Å²) in [7, 11) is 0. The molecule has 1 N–H and O–H groups in total. The smallest absolute Gasteiger partial charge is 0.0130 e. The van der Waals surface area contributed by atoms with Gasteiger partial charge < -0.3 is 5.32 Å². The number of hydrogen-bond acceptors (Lipinski definition) is 1. The molecule has 0 fully saturated rings. The van der Waals surface area contributed by atoms with Crippen LogP contribution in [0.15, 0.2) is 24.3 Å². The molecule has 0 aromatic heterocycles. The van der Waals surface area contributed by atoms with Crippen molar-refractivity contribution in [1.82, 2.24) is 5.32 Å². The molecule has 0 aliphatic heterocycles. The molecule has 2 heteroatoms. The lowest BCUT2D eigenvalue weighted by Crippen LogP contribution is -2.24. The molecule has 0 saturated heterocycles. The van der Waals surface area contributed by atoms with E-state index in [4.69, 9.17) is 0 Å². The normalized spacial score (nSPS) is 11.8. The van der Waals surface area contributed by atoms with Crippen molar-refractivity contribution in [2.45, 2.75) is 40.0 Å². The second-order valence-electron chi connectivity index (χ2n) is 5.47. The van der Waals surface area contributed by atoms with Gasteiger partial charge in [0.2, 0.25) is 0 Å². The maximum absolute atomic E-state index is 3.48. The van der Waals surface area contributed by atoms with E-state index in [1.165, 1.54) is 22.0 Å². The molecule has 0 amide bonds. The molecular weight excluding hydrogens is 321 g/mol. The Morgan fingerprint density at radius 3 is 2.35 bits per heavy atom. The van der Waals surface area contributed by atoms with E-state index in [9.17, 15) is 0 Å². The van der Waals surface area contributed by atoms with Gasteiger partial charge in [0.25, 0.3) is 0 Å². The van der Waals surface area contributed by atoms with E-state index in [-0.39, 0.29) is 0 Å². The molecule has 0 saturated carbocycles. The molecule has 1 rings (SSSR count). The van der Waals surface area contributed by atoms with Crippen LogP contribution in [-0.2, 0) is 6.42 Å². The topological polar surface area (TPSA) is 12.0 Å². The molecule has 0 atom stereocenters. The van der Waals surface area contributed by atoms with Crippen LogP contribution >= 0.6 is 22.6 Å². The zero-order valence-corrected chi connectivity index (χ0v) is 13.4. The van der Waals surface area contributed by atoms with Gasteiger partial charge in [-0.05, 0) is 78.1 Å². The average molecular weight is 345 g/mol. The van der Waals surface area contributed by atoms with Crippen LogP contribution in [0.3, 0.4) is 0 Å². The molecule has 0 radical (unpaired) electrons. The van der Waals surface area contributed by atoms with Crippen molar-refractivity contribution in [3.63, 3.8) is 0 Å². The molecule has 0 aliphatic rings. The van der Waals surface area contributed by atoms with Crippen LogP contribution in [0.25, 0.3) is 0 Å². The van der Waals surface area contributed by atoms with Crippen molar-refractivity contribution in [1.29, 1.82) is 0 Å². The minimum Gasteiger partial charge on any atom is -0.317 e. The Hall–Kier alpha value is -0.0900. The second kappa shape index (κ2) is 7.37. The van der Waals surface area contributed by atoms with Gasteiger partial charge in [0.15, 0.2) is 0 Å². The van der Waals surface area contributed by atoms with Gasteiger partial charge in [-0.15, -0.1) is 0 Å². The summed E-state index contributed by atoms with van der Waals surface area (Å²) >= 11 is 2.36. The Balaban J connectivity index is 2.40. The first-order chi connectivity index (χ1) is 8.03. The number of hydrogen-bond donors (Lipinski definition) is 1. The van der Waals surface area contributed by atoms with Crippen LogP contribution in [0.1, 0.15) is 39.2 Å². The first kappa shape index (κ1) is 15.0. The van der Waals surface area contributed by atoms with Crippen LogP contribution in [0.2, 0.25) is 0 Å². The summed E-state index contributed by atoms with van der Waals surface area (Å²) in [5.74, 6) is 0. The van der Waals surface area contributed by atoms with Crippen LogP contribution in [0.5, 0.6) is 0 Å². The summed E-state index contributed by atoms with van der Waals surface area (Å²) in [6.45, 7) is 9.20. The van der Waals surface area contributed by atoms with Crippen molar-refractivity contribution in [3.8, 4) is 0 Å². The molecular formula is C15H24IN. The lowest BCUT2D eigenvalue weighted by molar-refractivity contribution is 0.325. The standard InChI is InChI=1S/C15H24IN/c1-4-10-17-11-9-15(2,3)12-13-5-7-14(16)8-6-13/h5-8,17H,4,9-12H2,1-3H3. The Morgan fingerprint density at radius 2 is 1.76 bits per heavy atom. The maximum Gasteiger partial charge on any atom is 0.0130 e. The fraction of sp³-hybridized carbons (Fsp3) is 0.600. The fourth-order valence-electron chi connectivity index (χ4n) is 1.97. The summed E-state index contributed by atoms with van der Waals surface area (Å²) in [5.41, 5.74) is 1.83. The third-order valence-electron chi connectivity index (χ3n) is 3.00. The molecule has 1 aromatic carbocycles. The summed E-state index contributed by atoms with van der Waals surface area (Å²) in [6, 6.07) is 8.90. The molecule has 0 heterocycles. The molecule has 17 heavy (non-hydrogen) atoms. The molecule has 96 valence electrons. The van der Waals surface area contributed by atoms with Crippen LogP contribution in [-0.4, -0.2) is 13.1 Å². The van der Waals surface area contributed by atoms with Gasteiger partial charge in [0.1, 0.15) is 0 Å². The van der Waals surface area contributed by atoms with E-state index in [2.05, 4.69) is 72.9 Å². The van der Waals surface area contributed by atoms with Gasteiger partial charge in [-0.1, -0.05) is 32.9 Å². The summed E-state index contributed by atoms with van der Waals surface area (Å²) in [4.78, 5) is 0. The average Bonchev–Trinajstić information content (AvgIpc) is 2.27. The molecule has 0 unspecified atom stereocenters. The van der Waals surface area contributed by atoms with Crippen LogP contribution in [0.4, 0.5) is 0 Å². The Kier molecular flexibility index (Phi) is 6.49. The predicted octanol–water partition coefficient (Wildman–Crippen LogP) is 4.25. The predicted molar refractivity (Wildman–Crippen MR) is 84.4 cm³/mol. The first-order valence-electron chi connectivity index (χ1n) is 6.49. The van der Waals surface area contributed by atoms with E-state index < -0.39 is 0 Å². The highest BCUT2D eigenvalue weighted by Gasteiger charge is 2.17. The largest absolute Gasteiger partial charge is 0.317 e. The van der Waals surface area contributed by atoms with Gasteiger partial charge in [0, 0.05) is 3.57 Å². The van der Waals surface area contributed by atoms with Crippen molar-refractivity contribution < 1.29 is 0 Å². The van der Waals surface area contributed by atoms with Gasteiger partial charge in [-0.25, -0.2) is 0 Å². The van der Waals surface area contributed by atoms with Crippen molar-refractivity contribution in [2.75, 3.05) is 13.1 Å². The third kappa shape index (κ3) is 6.41. The van der Waals surface area contributed by atoms with E-state index in [0.717, 1.165) is 19.5 Å². The molecule has 0 spiro atoms. The van der Waals surface area contributed by atoms with Gasteiger partial charge in [-0.3, -0.25) is 0 Å². The summed E-state index contributed by atoms with van der Waals surface area (Å²) in [6.07, 6.45) is 3.62. The first-order valence-corrected chi connectivity index (χ1v) is 7.56. The van der Waals surface area contributed by atoms with E-state index >= 15 is 0 Å². The lowest BCUT2D eigenvalue weighted by Gasteiger charge is -2.25. The number of halogens is 1. The lowest BCUT2D eigenvalue weighted by atomic mass is 9.83. The number of benzene rings is 1. The van der Waals surface area contributed by atoms with Gasteiger partial charge in [-0.2, -0.15) is 0 Å². The zero-order chi connectivity index (χ0) is 12.7. The van der Waals surface area contributed by atoms with Crippen molar-refractivity contribution in [2.24, 2.45) is 5.41 Å².